The number of rotatable bonds is 23. The van der Waals surface area contributed by atoms with Crippen LogP contribution >= 0.6 is 0 Å². The van der Waals surface area contributed by atoms with Crippen molar-refractivity contribution in [1.82, 2.24) is 0 Å². The summed E-state index contributed by atoms with van der Waals surface area (Å²) >= 11 is 0. The predicted molar refractivity (Wildman–Crippen MR) is 525 cm³/mol. The second-order valence-electron chi connectivity index (χ2n) is 31.3. The first-order valence-corrected chi connectivity index (χ1v) is 42.4. The molecular formula is C120H86N4. The largest absolute Gasteiger partial charge is 0.311 e. The molecule has 20 aromatic carbocycles. The van der Waals surface area contributed by atoms with Gasteiger partial charge in [-0.15, -0.1) is 0 Å². The van der Waals surface area contributed by atoms with Crippen molar-refractivity contribution in [2.45, 2.75) is 0 Å². The monoisotopic (exact) mass is 1580 g/mol. The van der Waals surface area contributed by atoms with E-state index in [-0.39, 0.29) is 0 Å². The molecule has 0 atom stereocenters. The first-order valence-electron chi connectivity index (χ1n) is 42.4. The van der Waals surface area contributed by atoms with Crippen molar-refractivity contribution in [3.63, 3.8) is 0 Å². The molecule has 0 heterocycles. The first-order chi connectivity index (χ1) is 61.4. The molecule has 20 rings (SSSR count). The Morgan fingerprint density at radius 3 is 0.315 bits per heavy atom. The highest BCUT2D eigenvalue weighted by atomic mass is 15.2. The lowest BCUT2D eigenvalue weighted by Crippen LogP contribution is -2.10. The van der Waals surface area contributed by atoms with E-state index in [4.69, 9.17) is 0 Å². The predicted octanol–water partition coefficient (Wildman–Crippen LogP) is 33.9. The number of anilines is 12. The fourth-order valence-electron chi connectivity index (χ4n) is 16.9. The third-order valence-electron chi connectivity index (χ3n) is 23.6. The van der Waals surface area contributed by atoms with E-state index in [1.807, 2.05) is 0 Å². The third kappa shape index (κ3) is 16.6. The Kier molecular flexibility index (Phi) is 21.7. The summed E-state index contributed by atoms with van der Waals surface area (Å²) in [6, 6.07) is 189. The van der Waals surface area contributed by atoms with Gasteiger partial charge in [-0.1, -0.05) is 370 Å². The lowest BCUT2D eigenvalue weighted by atomic mass is 9.97. The molecule has 0 radical (unpaired) electrons. The van der Waals surface area contributed by atoms with Crippen LogP contribution < -0.4 is 19.6 Å². The van der Waals surface area contributed by atoms with E-state index in [0.717, 1.165) is 124 Å². The maximum atomic E-state index is 2.36. The summed E-state index contributed by atoms with van der Waals surface area (Å²) in [4.78, 5) is 9.38. The summed E-state index contributed by atoms with van der Waals surface area (Å²) in [5, 5.41) is 0. The van der Waals surface area contributed by atoms with Crippen molar-refractivity contribution in [3.05, 3.63) is 522 Å². The molecule has 0 N–H and O–H groups in total. The second kappa shape index (κ2) is 35.3. The second-order valence-corrected chi connectivity index (χ2v) is 31.3. The van der Waals surface area contributed by atoms with Gasteiger partial charge in [0.25, 0.3) is 0 Å². The van der Waals surface area contributed by atoms with Crippen molar-refractivity contribution in [1.29, 1.82) is 0 Å². The molecule has 4 heteroatoms. The van der Waals surface area contributed by atoms with Crippen LogP contribution in [0.15, 0.2) is 522 Å². The standard InChI is InChI=1S/C120H86N4/c1-7-20-87(21-8-1)92-34-36-93(37-35-92)99-50-72-110(73-51-99)121(109-32-17-6-18-33-109)111-74-54-101(55-75-111)102-60-82-119(83-61-102)124(115-70-48-98(49-71-115)91-28-15-5-16-29-91)120-84-62-106(63-85-120)108-31-19-30-107(86-108)105-40-38-94(39-41-105)100-52-76-116(77-53-100)123(114-68-46-97(47-69-114)90-26-13-4-14-27-90)118-80-58-104(59-81-118)103-56-78-117(79-57-103)122(112-64-42-95(43-65-112)88-22-9-2-10-23-88)113-66-44-96(45-67-113)89-24-11-3-12-25-89/h1-86H. The summed E-state index contributed by atoms with van der Waals surface area (Å²) in [7, 11) is 0. The quantitative estimate of drug-likeness (QED) is 0.0633. The molecule has 586 valence electrons. The van der Waals surface area contributed by atoms with Gasteiger partial charge in [0.05, 0.1) is 0 Å². The Balaban J connectivity index is 0.536. The molecule has 0 unspecified atom stereocenters. The first kappa shape index (κ1) is 76.3. The molecule has 4 nitrogen and oxygen atoms in total. The summed E-state index contributed by atoms with van der Waals surface area (Å²) in [6.07, 6.45) is 0. The molecule has 0 spiro atoms. The van der Waals surface area contributed by atoms with E-state index < -0.39 is 0 Å². The van der Waals surface area contributed by atoms with Crippen LogP contribution in [0, 0.1) is 0 Å². The molecule has 20 aromatic rings. The van der Waals surface area contributed by atoms with Gasteiger partial charge in [-0.05, 0) is 274 Å². The van der Waals surface area contributed by atoms with E-state index in [1.165, 1.54) is 66.8 Å². The van der Waals surface area contributed by atoms with Gasteiger partial charge in [0.1, 0.15) is 0 Å². The van der Waals surface area contributed by atoms with Gasteiger partial charge in [0.15, 0.2) is 0 Å². The fraction of sp³-hybridized carbons (Fsp3) is 0. The minimum Gasteiger partial charge on any atom is -0.311 e. The molecule has 0 aliphatic rings. The van der Waals surface area contributed by atoms with Crippen LogP contribution in [0.1, 0.15) is 0 Å². The lowest BCUT2D eigenvalue weighted by Gasteiger charge is -2.27. The topological polar surface area (TPSA) is 13.0 Å². The summed E-state index contributed by atoms with van der Waals surface area (Å²) in [5.74, 6) is 0. The number of benzene rings is 20. The van der Waals surface area contributed by atoms with Gasteiger partial charge in [-0.3, -0.25) is 0 Å². The molecular weight excluding hydrogens is 1500 g/mol. The lowest BCUT2D eigenvalue weighted by molar-refractivity contribution is 1.28. The van der Waals surface area contributed by atoms with E-state index >= 15 is 0 Å². The molecule has 0 saturated carbocycles. The molecule has 0 aromatic heterocycles. The number of hydrogen-bond donors (Lipinski definition) is 0. The molecule has 0 bridgehead atoms. The van der Waals surface area contributed by atoms with Crippen LogP contribution in [0.5, 0.6) is 0 Å². The van der Waals surface area contributed by atoms with Gasteiger partial charge in [0.2, 0.25) is 0 Å². The SMILES string of the molecule is c1ccc(-c2ccc(-c3ccc(N(c4ccccc4)c4ccc(-c5ccc(N(c6ccc(-c7ccccc7)cc6)c6ccc(-c7cccc(-c8ccc(-c9ccc(N(c%10ccc(-c%11ccccc%11)cc%10)c%10ccc(-c%11ccc(N(c%12ccc(-c%13ccccc%13)cc%12)c%12ccc(-c%13ccccc%13)cc%12)cc%11)cc%10)cc9)cc8)c7)cc6)cc5)cc4)cc3)cc2)cc1. The summed E-state index contributed by atoms with van der Waals surface area (Å²) < 4.78 is 0. The number of hydrogen-bond acceptors (Lipinski definition) is 4. The van der Waals surface area contributed by atoms with Crippen LogP contribution in [0.25, 0.3) is 122 Å². The average molecular weight is 1580 g/mol. The van der Waals surface area contributed by atoms with Crippen LogP contribution in [-0.4, -0.2) is 0 Å². The average Bonchev–Trinajstić information content (AvgIpc) is 0.793. The highest BCUT2D eigenvalue weighted by Crippen LogP contribution is 2.45. The van der Waals surface area contributed by atoms with Crippen molar-refractivity contribution in [2.24, 2.45) is 0 Å². The van der Waals surface area contributed by atoms with E-state index in [2.05, 4.69) is 541 Å². The Hall–Kier alpha value is -16.4. The van der Waals surface area contributed by atoms with Gasteiger partial charge in [-0.25, -0.2) is 0 Å². The Morgan fingerprint density at radius 2 is 0.169 bits per heavy atom. The Bertz CT molecular complexity index is 6820. The van der Waals surface area contributed by atoms with Crippen LogP contribution in [-0.2, 0) is 0 Å². The van der Waals surface area contributed by atoms with E-state index in [1.54, 1.807) is 0 Å². The molecule has 0 saturated heterocycles. The van der Waals surface area contributed by atoms with Crippen LogP contribution in [0.2, 0.25) is 0 Å². The van der Waals surface area contributed by atoms with Gasteiger partial charge >= 0.3 is 0 Å². The Morgan fingerprint density at radius 1 is 0.0726 bits per heavy atom. The zero-order valence-corrected chi connectivity index (χ0v) is 68.4. The molecule has 0 amide bonds. The summed E-state index contributed by atoms with van der Waals surface area (Å²) in [6.45, 7) is 0. The maximum absolute atomic E-state index is 2.36. The van der Waals surface area contributed by atoms with Crippen LogP contribution in [0.4, 0.5) is 68.2 Å². The minimum atomic E-state index is 1.06. The highest BCUT2D eigenvalue weighted by molar-refractivity contribution is 5.88. The van der Waals surface area contributed by atoms with Gasteiger partial charge in [0, 0.05) is 68.2 Å². The minimum absolute atomic E-state index is 1.06. The normalized spacial score (nSPS) is 11.1. The molecule has 124 heavy (non-hydrogen) atoms. The summed E-state index contributed by atoms with van der Waals surface area (Å²) in [5.41, 5.74) is 38.6. The molecule has 0 aliphatic heterocycles. The molecule has 0 aliphatic carbocycles. The van der Waals surface area contributed by atoms with E-state index in [9.17, 15) is 0 Å². The van der Waals surface area contributed by atoms with Crippen molar-refractivity contribution >= 4 is 68.2 Å². The highest BCUT2D eigenvalue weighted by Gasteiger charge is 2.21. The van der Waals surface area contributed by atoms with Crippen molar-refractivity contribution < 1.29 is 0 Å². The Labute approximate surface area is 727 Å². The van der Waals surface area contributed by atoms with Crippen molar-refractivity contribution in [2.75, 3.05) is 19.6 Å². The smallest absolute Gasteiger partial charge is 0.0462 e. The number of nitrogens with zero attached hydrogens (tertiary/aromatic N) is 4. The fourth-order valence-corrected chi connectivity index (χ4v) is 16.9. The van der Waals surface area contributed by atoms with Crippen LogP contribution in [0.3, 0.4) is 0 Å². The molecule has 0 fully saturated rings. The maximum Gasteiger partial charge on any atom is 0.0462 e. The third-order valence-corrected chi connectivity index (χ3v) is 23.6. The van der Waals surface area contributed by atoms with Crippen molar-refractivity contribution in [3.8, 4) is 122 Å². The zero-order valence-electron chi connectivity index (χ0n) is 68.4. The van der Waals surface area contributed by atoms with E-state index in [0.29, 0.717) is 0 Å². The van der Waals surface area contributed by atoms with Gasteiger partial charge < -0.3 is 19.6 Å². The zero-order chi connectivity index (χ0) is 82.8. The van der Waals surface area contributed by atoms with Gasteiger partial charge in [-0.2, -0.15) is 0 Å². The number of para-hydroxylation sites is 1.